The predicted octanol–water partition coefficient (Wildman–Crippen LogP) is 0.0348. The van der Waals surface area contributed by atoms with Crippen LogP contribution in [0.5, 0.6) is 0 Å². The van der Waals surface area contributed by atoms with Crippen molar-refractivity contribution in [1.82, 2.24) is 16.0 Å². The van der Waals surface area contributed by atoms with Crippen molar-refractivity contribution in [3.63, 3.8) is 0 Å². The van der Waals surface area contributed by atoms with Gasteiger partial charge in [0.15, 0.2) is 0 Å². The molecule has 3 amide bonds. The van der Waals surface area contributed by atoms with Crippen LogP contribution in [0.4, 0.5) is 9.18 Å². The van der Waals surface area contributed by atoms with Crippen LogP contribution >= 0.6 is 0 Å². The number of esters is 2. The number of amides is 3. The van der Waals surface area contributed by atoms with Gasteiger partial charge in [-0.25, -0.2) is 14.0 Å². The SMILES string of the molecule is CCOC(=O)CC[C@H](NC(=O)N[C@@H](C)C(=O)NCCF)C(=O)OCC. The number of hydrogen-bond acceptors (Lipinski definition) is 6. The molecular weight excluding hydrogens is 337 g/mol. The number of urea groups is 1. The van der Waals surface area contributed by atoms with Crippen LogP contribution in [0, 0.1) is 0 Å². The first-order valence-corrected chi connectivity index (χ1v) is 8.08. The van der Waals surface area contributed by atoms with Crippen LogP contribution in [-0.4, -0.2) is 62.4 Å². The summed E-state index contributed by atoms with van der Waals surface area (Å²) in [7, 11) is 0. The number of nitrogens with one attached hydrogen (secondary N) is 3. The van der Waals surface area contributed by atoms with Gasteiger partial charge in [-0.05, 0) is 27.2 Å². The van der Waals surface area contributed by atoms with Crippen LogP contribution in [0.25, 0.3) is 0 Å². The van der Waals surface area contributed by atoms with Gasteiger partial charge < -0.3 is 25.4 Å². The van der Waals surface area contributed by atoms with Crippen molar-refractivity contribution < 1.29 is 33.0 Å². The van der Waals surface area contributed by atoms with Crippen LogP contribution in [0.2, 0.25) is 0 Å². The molecule has 0 aliphatic carbocycles. The van der Waals surface area contributed by atoms with E-state index < -0.39 is 42.6 Å². The third kappa shape index (κ3) is 10.2. The molecule has 25 heavy (non-hydrogen) atoms. The average molecular weight is 363 g/mol. The molecule has 0 fully saturated rings. The highest BCUT2D eigenvalue weighted by Gasteiger charge is 2.24. The summed E-state index contributed by atoms with van der Waals surface area (Å²) in [5.74, 6) is -1.76. The first kappa shape index (κ1) is 22.6. The summed E-state index contributed by atoms with van der Waals surface area (Å²) in [5.41, 5.74) is 0. The Bertz CT molecular complexity index is 461. The molecule has 0 saturated carbocycles. The molecule has 0 rings (SSSR count). The molecule has 0 radical (unpaired) electrons. The number of carbonyl (C=O) groups excluding carboxylic acids is 4. The molecule has 144 valence electrons. The molecule has 0 aliphatic heterocycles. The minimum absolute atomic E-state index is 0.00643. The quantitative estimate of drug-likeness (QED) is 0.445. The van der Waals surface area contributed by atoms with E-state index in [1.807, 2.05) is 0 Å². The summed E-state index contributed by atoms with van der Waals surface area (Å²) in [5, 5.41) is 6.95. The Labute approximate surface area is 146 Å². The van der Waals surface area contributed by atoms with E-state index in [9.17, 15) is 23.6 Å². The van der Waals surface area contributed by atoms with E-state index in [2.05, 4.69) is 16.0 Å². The predicted molar refractivity (Wildman–Crippen MR) is 86.4 cm³/mol. The van der Waals surface area contributed by atoms with Crippen LogP contribution < -0.4 is 16.0 Å². The zero-order valence-corrected chi connectivity index (χ0v) is 14.7. The highest BCUT2D eigenvalue weighted by Crippen LogP contribution is 2.02. The highest BCUT2D eigenvalue weighted by atomic mass is 19.1. The fourth-order valence-corrected chi connectivity index (χ4v) is 1.77. The normalized spacial score (nSPS) is 12.5. The van der Waals surface area contributed by atoms with Gasteiger partial charge in [0.25, 0.3) is 0 Å². The monoisotopic (exact) mass is 363 g/mol. The Morgan fingerprint density at radius 1 is 1.04 bits per heavy atom. The molecule has 2 atom stereocenters. The first-order valence-electron chi connectivity index (χ1n) is 8.08. The lowest BCUT2D eigenvalue weighted by Gasteiger charge is -2.19. The Balaban J connectivity index is 4.60. The number of halogens is 1. The van der Waals surface area contributed by atoms with E-state index in [0.29, 0.717) is 0 Å². The van der Waals surface area contributed by atoms with Crippen LogP contribution in [-0.2, 0) is 23.9 Å². The summed E-state index contributed by atoms with van der Waals surface area (Å²) in [6.45, 7) is 4.12. The number of rotatable bonds is 11. The molecule has 9 nitrogen and oxygen atoms in total. The molecule has 0 bridgehead atoms. The van der Waals surface area contributed by atoms with Crippen molar-refractivity contribution >= 4 is 23.9 Å². The van der Waals surface area contributed by atoms with Crippen molar-refractivity contribution in [3.05, 3.63) is 0 Å². The standard InChI is InChI=1S/C15H26FN3O6/c1-4-24-12(20)7-6-11(14(22)25-5-2)19-15(23)18-10(3)13(21)17-9-8-16/h10-11H,4-9H2,1-3H3,(H,17,21)(H2,18,19,23)/t10-,11-/m0/s1. The van der Waals surface area contributed by atoms with Crippen LogP contribution in [0.3, 0.4) is 0 Å². The van der Waals surface area contributed by atoms with E-state index in [1.165, 1.54) is 6.92 Å². The van der Waals surface area contributed by atoms with Gasteiger partial charge >= 0.3 is 18.0 Å². The summed E-state index contributed by atoms with van der Waals surface area (Å²) in [6.07, 6.45) is -0.0857. The topological polar surface area (TPSA) is 123 Å². The van der Waals surface area contributed by atoms with E-state index in [-0.39, 0.29) is 32.6 Å². The van der Waals surface area contributed by atoms with Gasteiger partial charge in [-0.15, -0.1) is 0 Å². The maximum atomic E-state index is 12.0. The minimum Gasteiger partial charge on any atom is -0.466 e. The van der Waals surface area contributed by atoms with Crippen LogP contribution in [0.1, 0.15) is 33.6 Å². The molecular formula is C15H26FN3O6. The lowest BCUT2D eigenvalue weighted by molar-refractivity contribution is -0.146. The molecule has 0 unspecified atom stereocenters. The van der Waals surface area contributed by atoms with Gasteiger partial charge in [0.05, 0.1) is 13.2 Å². The van der Waals surface area contributed by atoms with E-state index in [0.717, 1.165) is 0 Å². The fraction of sp³-hybridized carbons (Fsp3) is 0.733. The molecule has 0 aromatic carbocycles. The number of ether oxygens (including phenoxy) is 2. The summed E-state index contributed by atoms with van der Waals surface area (Å²) < 4.78 is 21.6. The number of alkyl halides is 1. The van der Waals surface area contributed by atoms with Crippen molar-refractivity contribution in [2.45, 2.75) is 45.7 Å². The molecule has 0 saturated heterocycles. The van der Waals surface area contributed by atoms with Crippen molar-refractivity contribution in [2.75, 3.05) is 26.4 Å². The third-order valence-electron chi connectivity index (χ3n) is 2.95. The third-order valence-corrected chi connectivity index (χ3v) is 2.95. The van der Waals surface area contributed by atoms with Gasteiger partial charge in [-0.1, -0.05) is 0 Å². The average Bonchev–Trinajstić information content (AvgIpc) is 2.56. The van der Waals surface area contributed by atoms with Crippen molar-refractivity contribution in [2.24, 2.45) is 0 Å². The molecule has 0 aliphatic rings. The van der Waals surface area contributed by atoms with E-state index in [4.69, 9.17) is 9.47 Å². The van der Waals surface area contributed by atoms with Gasteiger partial charge in [0.1, 0.15) is 18.8 Å². The minimum atomic E-state index is -1.06. The molecule has 0 spiro atoms. The Hall–Kier alpha value is -2.39. The Morgan fingerprint density at radius 3 is 2.24 bits per heavy atom. The maximum Gasteiger partial charge on any atom is 0.328 e. The summed E-state index contributed by atoms with van der Waals surface area (Å²) >= 11 is 0. The van der Waals surface area contributed by atoms with Crippen LogP contribution in [0.15, 0.2) is 0 Å². The smallest absolute Gasteiger partial charge is 0.328 e. The molecule has 0 aromatic rings. The second-order valence-electron chi connectivity index (χ2n) is 4.97. The summed E-state index contributed by atoms with van der Waals surface area (Å²) in [4.78, 5) is 46.8. The maximum absolute atomic E-state index is 12.0. The number of carbonyl (C=O) groups is 4. The lowest BCUT2D eigenvalue weighted by atomic mass is 10.1. The molecule has 3 N–H and O–H groups in total. The van der Waals surface area contributed by atoms with Gasteiger partial charge in [-0.2, -0.15) is 0 Å². The first-order chi connectivity index (χ1) is 11.8. The zero-order chi connectivity index (χ0) is 19.2. The van der Waals surface area contributed by atoms with Crippen molar-refractivity contribution in [1.29, 1.82) is 0 Å². The van der Waals surface area contributed by atoms with E-state index in [1.54, 1.807) is 13.8 Å². The second kappa shape index (κ2) is 13.0. The molecule has 0 aromatic heterocycles. The lowest BCUT2D eigenvalue weighted by Crippen LogP contribution is -2.52. The fourth-order valence-electron chi connectivity index (χ4n) is 1.77. The Kier molecular flexibility index (Phi) is 11.7. The summed E-state index contributed by atoms with van der Waals surface area (Å²) in [6, 6.07) is -2.78. The second-order valence-corrected chi connectivity index (χ2v) is 4.97. The molecule has 10 heteroatoms. The zero-order valence-electron chi connectivity index (χ0n) is 14.7. The van der Waals surface area contributed by atoms with Gasteiger partial charge in [0, 0.05) is 13.0 Å². The van der Waals surface area contributed by atoms with E-state index >= 15 is 0 Å². The van der Waals surface area contributed by atoms with Gasteiger partial charge in [-0.3, -0.25) is 9.59 Å². The van der Waals surface area contributed by atoms with Crippen molar-refractivity contribution in [3.8, 4) is 0 Å². The Morgan fingerprint density at radius 2 is 1.68 bits per heavy atom. The molecule has 0 heterocycles. The number of hydrogen-bond donors (Lipinski definition) is 3. The highest BCUT2D eigenvalue weighted by molar-refractivity contribution is 5.89. The largest absolute Gasteiger partial charge is 0.466 e. The van der Waals surface area contributed by atoms with Gasteiger partial charge in [0.2, 0.25) is 5.91 Å².